The quantitative estimate of drug-likeness (QED) is 0.829. The maximum atomic E-state index is 12.1. The molecule has 0 aliphatic heterocycles. The zero-order valence-electron chi connectivity index (χ0n) is 15.8. The molecule has 138 valence electrons. The molecular formula is C21H26N2O3. The highest BCUT2D eigenvalue weighted by Gasteiger charge is 2.14. The van der Waals surface area contributed by atoms with Crippen molar-refractivity contribution >= 4 is 17.5 Å². The van der Waals surface area contributed by atoms with Crippen LogP contribution < -0.4 is 15.0 Å². The van der Waals surface area contributed by atoms with Gasteiger partial charge in [-0.25, -0.2) is 0 Å². The first-order chi connectivity index (χ1) is 12.4. The van der Waals surface area contributed by atoms with Crippen LogP contribution >= 0.6 is 0 Å². The summed E-state index contributed by atoms with van der Waals surface area (Å²) in [5, 5.41) is 2.88. The van der Waals surface area contributed by atoms with Gasteiger partial charge in [0.15, 0.2) is 0 Å². The van der Waals surface area contributed by atoms with Crippen molar-refractivity contribution < 1.29 is 14.3 Å². The molecule has 0 saturated carbocycles. The number of hydrogen-bond acceptors (Lipinski definition) is 3. The Labute approximate surface area is 155 Å². The summed E-state index contributed by atoms with van der Waals surface area (Å²) in [5.41, 5.74) is 4.12. The molecule has 0 heterocycles. The number of amides is 2. The van der Waals surface area contributed by atoms with Gasteiger partial charge < -0.3 is 15.0 Å². The maximum Gasteiger partial charge on any atom is 0.223 e. The molecule has 0 aliphatic carbocycles. The van der Waals surface area contributed by atoms with Gasteiger partial charge >= 0.3 is 0 Å². The topological polar surface area (TPSA) is 58.6 Å². The normalized spacial score (nSPS) is 10.3. The fraction of sp³-hybridized carbons (Fsp3) is 0.333. The average Bonchev–Trinajstić information content (AvgIpc) is 2.63. The van der Waals surface area contributed by atoms with Gasteiger partial charge in [-0.15, -0.1) is 0 Å². The Kier molecular flexibility index (Phi) is 6.78. The molecule has 2 rings (SSSR count). The van der Waals surface area contributed by atoms with Crippen LogP contribution in [0.2, 0.25) is 0 Å². The highest BCUT2D eigenvalue weighted by molar-refractivity contribution is 5.92. The average molecular weight is 354 g/mol. The standard InChI is InChI=1S/C21H26N2O3/c1-15-5-8-19(13-16(15)2)23(17(3)24)12-11-21(25)22-14-18-6-9-20(26-4)10-7-18/h5-10,13H,11-12,14H2,1-4H3,(H,22,25). The molecule has 0 aromatic heterocycles. The smallest absolute Gasteiger partial charge is 0.223 e. The van der Waals surface area contributed by atoms with E-state index in [-0.39, 0.29) is 18.2 Å². The van der Waals surface area contributed by atoms with Crippen molar-refractivity contribution in [1.29, 1.82) is 0 Å². The lowest BCUT2D eigenvalue weighted by Gasteiger charge is -2.22. The SMILES string of the molecule is COc1ccc(CNC(=O)CCN(C(C)=O)c2ccc(C)c(C)c2)cc1. The molecule has 1 N–H and O–H groups in total. The summed E-state index contributed by atoms with van der Waals surface area (Å²) in [6.45, 7) is 6.37. The third-order valence-corrected chi connectivity index (χ3v) is 4.39. The molecule has 26 heavy (non-hydrogen) atoms. The fourth-order valence-corrected chi connectivity index (χ4v) is 2.61. The second-order valence-corrected chi connectivity index (χ2v) is 6.31. The molecular weight excluding hydrogens is 328 g/mol. The Morgan fingerprint density at radius 3 is 2.31 bits per heavy atom. The van der Waals surface area contributed by atoms with E-state index < -0.39 is 0 Å². The van der Waals surface area contributed by atoms with Crippen LogP contribution in [0, 0.1) is 13.8 Å². The maximum absolute atomic E-state index is 12.1. The first-order valence-electron chi connectivity index (χ1n) is 8.65. The van der Waals surface area contributed by atoms with Crippen molar-refractivity contribution in [2.45, 2.75) is 33.7 Å². The van der Waals surface area contributed by atoms with E-state index >= 15 is 0 Å². The van der Waals surface area contributed by atoms with Crippen LogP contribution in [0.15, 0.2) is 42.5 Å². The van der Waals surface area contributed by atoms with Crippen LogP contribution in [-0.4, -0.2) is 25.5 Å². The molecule has 0 saturated heterocycles. The minimum atomic E-state index is -0.0871. The van der Waals surface area contributed by atoms with Gasteiger partial charge in [-0.1, -0.05) is 18.2 Å². The molecule has 2 aromatic rings. The highest BCUT2D eigenvalue weighted by atomic mass is 16.5. The first-order valence-corrected chi connectivity index (χ1v) is 8.65. The summed E-state index contributed by atoms with van der Waals surface area (Å²) in [5.74, 6) is 0.623. The highest BCUT2D eigenvalue weighted by Crippen LogP contribution is 2.19. The number of rotatable bonds is 7. The van der Waals surface area contributed by atoms with Crippen LogP contribution in [0.3, 0.4) is 0 Å². The second-order valence-electron chi connectivity index (χ2n) is 6.31. The van der Waals surface area contributed by atoms with Gasteiger partial charge in [-0.3, -0.25) is 9.59 Å². The van der Waals surface area contributed by atoms with Crippen molar-refractivity contribution in [2.75, 3.05) is 18.6 Å². The Bertz CT molecular complexity index is 769. The molecule has 2 amide bonds. The Balaban J connectivity index is 1.90. The third-order valence-electron chi connectivity index (χ3n) is 4.39. The number of benzene rings is 2. The molecule has 0 radical (unpaired) electrons. The minimum Gasteiger partial charge on any atom is -0.497 e. The van der Waals surface area contributed by atoms with Crippen molar-refractivity contribution in [3.63, 3.8) is 0 Å². The van der Waals surface area contributed by atoms with Crippen molar-refractivity contribution in [2.24, 2.45) is 0 Å². The van der Waals surface area contributed by atoms with E-state index in [2.05, 4.69) is 5.32 Å². The monoisotopic (exact) mass is 354 g/mol. The van der Waals surface area contributed by atoms with E-state index in [1.165, 1.54) is 12.5 Å². The van der Waals surface area contributed by atoms with E-state index in [1.54, 1.807) is 12.0 Å². The number of hydrogen-bond donors (Lipinski definition) is 1. The molecule has 5 heteroatoms. The van der Waals surface area contributed by atoms with Crippen LogP contribution in [0.1, 0.15) is 30.0 Å². The van der Waals surface area contributed by atoms with Crippen LogP contribution in [0.5, 0.6) is 5.75 Å². The number of methoxy groups -OCH3 is 1. The third kappa shape index (κ3) is 5.34. The number of aryl methyl sites for hydroxylation is 2. The molecule has 0 aliphatic rings. The van der Waals surface area contributed by atoms with Gasteiger partial charge in [0.25, 0.3) is 0 Å². The van der Waals surface area contributed by atoms with E-state index in [0.717, 1.165) is 22.6 Å². The number of carbonyl (C=O) groups excluding carboxylic acids is 2. The summed E-state index contributed by atoms with van der Waals surface area (Å²) < 4.78 is 5.12. The van der Waals surface area contributed by atoms with Crippen LogP contribution in [-0.2, 0) is 16.1 Å². The lowest BCUT2D eigenvalue weighted by atomic mass is 10.1. The van der Waals surface area contributed by atoms with Gasteiger partial charge in [0.1, 0.15) is 5.75 Å². The van der Waals surface area contributed by atoms with Gasteiger partial charge in [0, 0.05) is 32.1 Å². The largest absolute Gasteiger partial charge is 0.497 e. The Morgan fingerprint density at radius 2 is 1.73 bits per heavy atom. The predicted molar refractivity (Wildman–Crippen MR) is 103 cm³/mol. The van der Waals surface area contributed by atoms with Gasteiger partial charge in [-0.2, -0.15) is 0 Å². The molecule has 2 aromatic carbocycles. The summed E-state index contributed by atoms with van der Waals surface area (Å²) >= 11 is 0. The number of ether oxygens (including phenoxy) is 1. The van der Waals surface area contributed by atoms with Crippen LogP contribution in [0.25, 0.3) is 0 Å². The number of carbonyl (C=O) groups is 2. The zero-order chi connectivity index (χ0) is 19.1. The Hall–Kier alpha value is -2.82. The van der Waals surface area contributed by atoms with Crippen molar-refractivity contribution in [3.05, 3.63) is 59.2 Å². The van der Waals surface area contributed by atoms with E-state index in [4.69, 9.17) is 4.74 Å². The fourth-order valence-electron chi connectivity index (χ4n) is 2.61. The first kappa shape index (κ1) is 19.5. The predicted octanol–water partition coefficient (Wildman–Crippen LogP) is 3.37. The van der Waals surface area contributed by atoms with Gasteiger partial charge in [0.05, 0.1) is 7.11 Å². The molecule has 0 atom stereocenters. The second kappa shape index (κ2) is 9.04. The van der Waals surface area contributed by atoms with Gasteiger partial charge in [0.2, 0.25) is 11.8 Å². The van der Waals surface area contributed by atoms with E-state index in [0.29, 0.717) is 13.1 Å². The summed E-state index contributed by atoms with van der Waals surface area (Å²) in [7, 11) is 1.62. The lowest BCUT2D eigenvalue weighted by Crippen LogP contribution is -2.33. The van der Waals surface area contributed by atoms with Crippen molar-refractivity contribution in [3.8, 4) is 5.75 Å². The summed E-state index contributed by atoms with van der Waals surface area (Å²) in [4.78, 5) is 25.8. The molecule has 0 bridgehead atoms. The molecule has 5 nitrogen and oxygen atoms in total. The van der Waals surface area contributed by atoms with Gasteiger partial charge in [-0.05, 0) is 54.8 Å². The Morgan fingerprint density at radius 1 is 1.04 bits per heavy atom. The molecule has 0 spiro atoms. The molecule has 0 fully saturated rings. The van der Waals surface area contributed by atoms with Crippen molar-refractivity contribution in [1.82, 2.24) is 5.32 Å². The number of anilines is 1. The minimum absolute atomic E-state index is 0.0730. The van der Waals surface area contributed by atoms with Crippen LogP contribution in [0.4, 0.5) is 5.69 Å². The van der Waals surface area contributed by atoms with E-state index in [1.807, 2.05) is 56.3 Å². The zero-order valence-corrected chi connectivity index (χ0v) is 15.8. The number of nitrogens with zero attached hydrogens (tertiary/aromatic N) is 1. The van der Waals surface area contributed by atoms with E-state index in [9.17, 15) is 9.59 Å². The molecule has 0 unspecified atom stereocenters. The lowest BCUT2D eigenvalue weighted by molar-refractivity contribution is -0.121. The summed E-state index contributed by atoms with van der Waals surface area (Å²) in [6, 6.07) is 13.4. The summed E-state index contributed by atoms with van der Waals surface area (Å²) in [6.07, 6.45) is 0.253. The number of nitrogens with one attached hydrogen (secondary N) is 1.